The van der Waals surface area contributed by atoms with Crippen molar-refractivity contribution in [3.63, 3.8) is 0 Å². The molecule has 0 saturated heterocycles. The van der Waals surface area contributed by atoms with Crippen LogP contribution in [-0.4, -0.2) is 27.7 Å². The second-order valence-electron chi connectivity index (χ2n) is 3.59. The number of hydrogen-bond acceptors (Lipinski definition) is 1. The van der Waals surface area contributed by atoms with Gasteiger partial charge in [-0.3, -0.25) is 0 Å². The maximum atomic E-state index is 6.10. The van der Waals surface area contributed by atoms with Gasteiger partial charge in [0.2, 0.25) is 0 Å². The van der Waals surface area contributed by atoms with E-state index in [0.717, 1.165) is 5.75 Å². The highest BCUT2D eigenvalue weighted by atomic mass is 35.7. The molecule has 0 atom stereocenters. The Morgan fingerprint density at radius 3 is 1.73 bits per heavy atom. The Bertz CT molecular complexity index is 130. The molecule has 0 aliphatic carbocycles. The minimum Gasteiger partial charge on any atom is -0.167 e. The molecule has 0 aromatic carbocycles. The van der Waals surface area contributed by atoms with Crippen molar-refractivity contribution in [2.45, 2.75) is 19.4 Å². The first-order valence-corrected chi connectivity index (χ1v) is 7.30. The zero-order valence-corrected chi connectivity index (χ0v) is 10.3. The summed E-state index contributed by atoms with van der Waals surface area (Å²) < 4.78 is 1.17. The van der Waals surface area contributed by atoms with Crippen LogP contribution < -0.4 is 0 Å². The van der Waals surface area contributed by atoms with Gasteiger partial charge >= 0.3 is 0 Å². The molecule has 11 heavy (non-hydrogen) atoms. The molecule has 70 valence electrons. The van der Waals surface area contributed by atoms with E-state index in [-0.39, 0.29) is 5.54 Å². The van der Waals surface area contributed by atoms with Crippen molar-refractivity contribution in [2.24, 2.45) is 0 Å². The molecule has 0 aliphatic rings. The van der Waals surface area contributed by atoms with Crippen LogP contribution in [0.2, 0.25) is 0 Å². The van der Waals surface area contributed by atoms with E-state index in [4.69, 9.17) is 34.2 Å². The SMILES string of the molecule is CC(C)(CS(C)(C)Cl)N(Cl)Cl. The quantitative estimate of drug-likeness (QED) is 0.679. The van der Waals surface area contributed by atoms with Crippen molar-refractivity contribution in [2.75, 3.05) is 18.3 Å². The van der Waals surface area contributed by atoms with Crippen molar-refractivity contribution in [1.29, 1.82) is 0 Å². The first-order valence-electron chi connectivity index (χ1n) is 3.17. The Balaban J connectivity index is 4.13. The van der Waals surface area contributed by atoms with Crippen molar-refractivity contribution in [3.8, 4) is 0 Å². The molecule has 0 fully saturated rings. The molecular weight excluding hydrogens is 224 g/mol. The molecule has 0 aromatic rings. The van der Waals surface area contributed by atoms with Crippen molar-refractivity contribution < 1.29 is 0 Å². The van der Waals surface area contributed by atoms with E-state index in [1.807, 2.05) is 26.4 Å². The molecule has 0 N–H and O–H groups in total. The summed E-state index contributed by atoms with van der Waals surface area (Å²) in [6, 6.07) is 0. The second-order valence-corrected chi connectivity index (χ2v) is 10.0. The van der Waals surface area contributed by atoms with E-state index in [0.29, 0.717) is 0 Å². The maximum Gasteiger partial charge on any atom is 0.0556 e. The van der Waals surface area contributed by atoms with Gasteiger partial charge in [0.05, 0.1) is 5.54 Å². The second kappa shape index (κ2) is 3.93. The molecule has 0 amide bonds. The molecule has 0 saturated carbocycles. The number of hydrogen-bond donors (Lipinski definition) is 0. The van der Waals surface area contributed by atoms with Gasteiger partial charge in [0.25, 0.3) is 0 Å². The normalized spacial score (nSPS) is 15.6. The Morgan fingerprint density at radius 2 is 1.64 bits per heavy atom. The third kappa shape index (κ3) is 5.42. The molecule has 0 spiro atoms. The lowest BCUT2D eigenvalue weighted by atomic mass is 10.1. The molecule has 5 heteroatoms. The Kier molecular flexibility index (Phi) is 4.35. The molecule has 0 radical (unpaired) electrons. The van der Waals surface area contributed by atoms with Crippen molar-refractivity contribution in [1.82, 2.24) is 3.94 Å². The third-order valence-electron chi connectivity index (χ3n) is 1.15. The Hall–Kier alpha value is 1.18. The average Bonchev–Trinajstić information content (AvgIpc) is 1.56. The highest BCUT2D eigenvalue weighted by molar-refractivity contribution is 8.50. The van der Waals surface area contributed by atoms with Gasteiger partial charge in [0, 0.05) is 5.75 Å². The average molecular weight is 239 g/mol. The van der Waals surface area contributed by atoms with Gasteiger partial charge in [0.1, 0.15) is 0 Å². The highest BCUT2D eigenvalue weighted by Crippen LogP contribution is 2.49. The van der Waals surface area contributed by atoms with Gasteiger partial charge < -0.3 is 0 Å². The summed E-state index contributed by atoms with van der Waals surface area (Å²) in [5.41, 5.74) is -0.246. The van der Waals surface area contributed by atoms with Crippen LogP contribution in [0.5, 0.6) is 0 Å². The fourth-order valence-corrected chi connectivity index (χ4v) is 3.76. The van der Waals surface area contributed by atoms with E-state index in [9.17, 15) is 0 Å². The molecule has 0 aliphatic heterocycles. The molecule has 1 nitrogen and oxygen atoms in total. The van der Waals surface area contributed by atoms with Crippen molar-refractivity contribution in [3.05, 3.63) is 0 Å². The van der Waals surface area contributed by atoms with Gasteiger partial charge in [-0.1, -0.05) is 10.7 Å². The van der Waals surface area contributed by atoms with Crippen LogP contribution in [0.15, 0.2) is 0 Å². The van der Waals surface area contributed by atoms with Crippen LogP contribution >= 0.6 is 43.5 Å². The predicted molar refractivity (Wildman–Crippen MR) is 57.8 cm³/mol. The lowest BCUT2D eigenvalue weighted by molar-refractivity contribution is 0.398. The first-order chi connectivity index (χ1) is 4.65. The summed E-state index contributed by atoms with van der Waals surface area (Å²) in [5.74, 6) is 0.814. The molecule has 0 unspecified atom stereocenters. The Morgan fingerprint density at radius 1 is 1.27 bits per heavy atom. The van der Waals surface area contributed by atoms with Crippen LogP contribution in [0.3, 0.4) is 0 Å². The van der Waals surface area contributed by atoms with Gasteiger partial charge in [-0.15, -0.1) is 3.94 Å². The topological polar surface area (TPSA) is 3.24 Å². The van der Waals surface area contributed by atoms with Gasteiger partial charge in [0.15, 0.2) is 0 Å². The minimum absolute atomic E-state index is 0.246. The highest BCUT2D eigenvalue weighted by Gasteiger charge is 2.29. The smallest absolute Gasteiger partial charge is 0.0556 e. The fourth-order valence-electron chi connectivity index (χ4n) is 0.889. The van der Waals surface area contributed by atoms with Gasteiger partial charge in [-0.05, 0) is 49.9 Å². The van der Waals surface area contributed by atoms with E-state index in [1.54, 1.807) is 0 Å². The number of nitrogens with zero attached hydrogens (tertiary/aromatic N) is 1. The third-order valence-corrected chi connectivity index (χ3v) is 3.79. The van der Waals surface area contributed by atoms with Crippen LogP contribution in [0.4, 0.5) is 0 Å². The van der Waals surface area contributed by atoms with Gasteiger partial charge in [-0.25, -0.2) is 0 Å². The van der Waals surface area contributed by atoms with Crippen molar-refractivity contribution >= 4 is 43.5 Å². The van der Waals surface area contributed by atoms with Crippen LogP contribution in [0.25, 0.3) is 0 Å². The summed E-state index contributed by atoms with van der Waals surface area (Å²) in [6.45, 7) is 3.92. The summed E-state index contributed by atoms with van der Waals surface area (Å²) in [5, 5.41) is 0. The van der Waals surface area contributed by atoms with E-state index < -0.39 is 9.24 Å². The predicted octanol–water partition coefficient (Wildman–Crippen LogP) is 3.59. The molecule has 0 bridgehead atoms. The summed E-state index contributed by atoms with van der Waals surface area (Å²) in [7, 11) is 5.04. The monoisotopic (exact) mass is 237 g/mol. The summed E-state index contributed by atoms with van der Waals surface area (Å²) in [4.78, 5) is 0. The number of rotatable bonds is 3. The molecule has 0 aromatic heterocycles. The molecular formula is C6H14Cl3NS. The fraction of sp³-hybridized carbons (Fsp3) is 1.00. The lowest BCUT2D eigenvalue weighted by Crippen LogP contribution is -2.36. The molecule has 0 rings (SSSR count). The zero-order valence-electron chi connectivity index (χ0n) is 7.20. The maximum absolute atomic E-state index is 6.10. The summed E-state index contributed by atoms with van der Waals surface area (Å²) in [6.07, 6.45) is 4.04. The van der Waals surface area contributed by atoms with Crippen LogP contribution in [0, 0.1) is 0 Å². The Labute approximate surface area is 85.0 Å². The lowest BCUT2D eigenvalue weighted by Gasteiger charge is -2.35. The standard InChI is InChI=1S/C6H14Cl3NS/c1-6(2,10(7)8)5-11(3,4)9/h5H2,1-4H3. The van der Waals surface area contributed by atoms with Gasteiger partial charge in [-0.2, -0.15) is 9.24 Å². The minimum atomic E-state index is -1.07. The van der Waals surface area contributed by atoms with Crippen LogP contribution in [-0.2, 0) is 0 Å². The summed E-state index contributed by atoms with van der Waals surface area (Å²) >= 11 is 11.3. The zero-order chi connectivity index (χ0) is 9.28. The van der Waals surface area contributed by atoms with E-state index >= 15 is 0 Å². The van der Waals surface area contributed by atoms with E-state index in [2.05, 4.69) is 0 Å². The molecule has 0 heterocycles. The number of halogens is 3. The largest absolute Gasteiger partial charge is 0.167 e. The van der Waals surface area contributed by atoms with Crippen LogP contribution in [0.1, 0.15) is 13.8 Å². The van der Waals surface area contributed by atoms with E-state index in [1.165, 1.54) is 3.94 Å². The first kappa shape index (κ1) is 12.2.